The predicted molar refractivity (Wildman–Crippen MR) is 156 cm³/mol. The topological polar surface area (TPSA) is 87.0 Å². The number of amides is 1. The first-order chi connectivity index (χ1) is 20.0. The van der Waals surface area contributed by atoms with Gasteiger partial charge in [-0.3, -0.25) is 4.79 Å². The number of carbonyl (C=O) groups excluding carboxylic acids is 1. The van der Waals surface area contributed by atoms with Crippen molar-refractivity contribution in [3.8, 4) is 22.6 Å². The first-order valence-corrected chi connectivity index (χ1v) is 13.5. The lowest BCUT2D eigenvalue weighted by Crippen LogP contribution is -2.30. The summed E-state index contributed by atoms with van der Waals surface area (Å²) in [6, 6.07) is 29.9. The number of alkyl carbamates (subject to hydrolysis) is 1. The standard InChI is InChI=1S/C34H29NO6/c1-22-32(26-13-15-29-31(20-26)39-17-16-38-29)33(36)27-14-12-25(19-30(27)41-22)28(18-23-8-4-2-5-9-23)35-34(37)40-21-24-10-6-3-7-11-24/h2-15,19-20,28H,16-18,21H2,1H3,(H,35,37). The van der Waals surface area contributed by atoms with E-state index in [4.69, 9.17) is 18.6 Å². The summed E-state index contributed by atoms with van der Waals surface area (Å²) < 4.78 is 23.1. The van der Waals surface area contributed by atoms with Gasteiger partial charge in [0.05, 0.1) is 17.0 Å². The summed E-state index contributed by atoms with van der Waals surface area (Å²) in [6.45, 7) is 2.90. The monoisotopic (exact) mass is 547 g/mol. The molecule has 5 aromatic rings. The lowest BCUT2D eigenvalue weighted by atomic mass is 9.96. The van der Waals surface area contributed by atoms with E-state index in [1.54, 1.807) is 13.0 Å². The highest BCUT2D eigenvalue weighted by Gasteiger charge is 2.21. The van der Waals surface area contributed by atoms with E-state index < -0.39 is 12.1 Å². The highest BCUT2D eigenvalue weighted by Crippen LogP contribution is 2.35. The fraction of sp³-hybridized carbons (Fsp3) is 0.176. The summed E-state index contributed by atoms with van der Waals surface area (Å²) in [5.41, 5.74) is 4.24. The Hall–Kier alpha value is -5.04. The first-order valence-electron chi connectivity index (χ1n) is 13.5. The van der Waals surface area contributed by atoms with Crippen molar-refractivity contribution in [1.29, 1.82) is 0 Å². The molecule has 0 saturated carbocycles. The van der Waals surface area contributed by atoms with Crippen molar-refractivity contribution in [2.75, 3.05) is 13.2 Å². The molecule has 0 fully saturated rings. The van der Waals surface area contributed by atoms with Crippen LogP contribution in [0.1, 0.15) is 28.5 Å². The number of hydrogen-bond donors (Lipinski definition) is 1. The zero-order valence-electron chi connectivity index (χ0n) is 22.6. The van der Waals surface area contributed by atoms with Gasteiger partial charge in [0.1, 0.15) is 31.2 Å². The number of aryl methyl sites for hydroxylation is 1. The average Bonchev–Trinajstić information content (AvgIpc) is 3.00. The van der Waals surface area contributed by atoms with Gasteiger partial charge in [-0.2, -0.15) is 0 Å². The Morgan fingerprint density at radius 3 is 2.32 bits per heavy atom. The largest absolute Gasteiger partial charge is 0.486 e. The molecular weight excluding hydrogens is 518 g/mol. The third-order valence-corrected chi connectivity index (χ3v) is 7.11. The number of fused-ring (bicyclic) bond motifs is 2. The summed E-state index contributed by atoms with van der Waals surface area (Å²) in [6.07, 6.45) is 0.00660. The average molecular weight is 548 g/mol. The maximum Gasteiger partial charge on any atom is 0.407 e. The summed E-state index contributed by atoms with van der Waals surface area (Å²) in [7, 11) is 0. The van der Waals surface area contributed by atoms with Gasteiger partial charge in [0.25, 0.3) is 0 Å². The van der Waals surface area contributed by atoms with Gasteiger partial charge < -0.3 is 23.9 Å². The Kier molecular flexibility index (Phi) is 7.41. The maximum absolute atomic E-state index is 13.7. The zero-order chi connectivity index (χ0) is 28.2. The molecule has 1 N–H and O–H groups in total. The van der Waals surface area contributed by atoms with Crippen molar-refractivity contribution >= 4 is 17.1 Å². The molecule has 7 nitrogen and oxygen atoms in total. The van der Waals surface area contributed by atoms with Crippen molar-refractivity contribution in [2.45, 2.75) is 26.0 Å². The van der Waals surface area contributed by atoms with Gasteiger partial charge in [-0.1, -0.05) is 72.8 Å². The molecule has 1 aliphatic rings. The molecule has 0 spiro atoms. The minimum atomic E-state index is -0.526. The molecule has 1 unspecified atom stereocenters. The molecule has 1 atom stereocenters. The van der Waals surface area contributed by atoms with Gasteiger partial charge >= 0.3 is 6.09 Å². The second-order valence-electron chi connectivity index (χ2n) is 9.92. The molecule has 206 valence electrons. The van der Waals surface area contributed by atoms with E-state index in [0.717, 1.165) is 16.7 Å². The summed E-state index contributed by atoms with van der Waals surface area (Å²) >= 11 is 0. The van der Waals surface area contributed by atoms with E-state index in [1.807, 2.05) is 91.0 Å². The number of nitrogens with one attached hydrogen (secondary N) is 1. The van der Waals surface area contributed by atoms with Crippen LogP contribution in [-0.4, -0.2) is 19.3 Å². The van der Waals surface area contributed by atoms with Crippen molar-refractivity contribution in [3.63, 3.8) is 0 Å². The van der Waals surface area contributed by atoms with Crippen LogP contribution < -0.4 is 20.2 Å². The van der Waals surface area contributed by atoms with E-state index >= 15 is 0 Å². The van der Waals surface area contributed by atoms with Gasteiger partial charge in [-0.05, 0) is 59.9 Å². The maximum atomic E-state index is 13.7. The Labute approximate surface area is 237 Å². The van der Waals surface area contributed by atoms with Crippen LogP contribution in [0.3, 0.4) is 0 Å². The molecule has 7 heteroatoms. The van der Waals surface area contributed by atoms with E-state index in [-0.39, 0.29) is 12.0 Å². The fourth-order valence-electron chi connectivity index (χ4n) is 5.08. The quantitative estimate of drug-likeness (QED) is 0.243. The Morgan fingerprint density at radius 2 is 1.56 bits per heavy atom. The predicted octanol–water partition coefficient (Wildman–Crippen LogP) is 6.75. The first kappa shape index (κ1) is 26.2. The molecule has 0 aliphatic carbocycles. The zero-order valence-corrected chi connectivity index (χ0v) is 22.6. The summed E-state index contributed by atoms with van der Waals surface area (Å²) in [5.74, 6) is 1.76. The minimum Gasteiger partial charge on any atom is -0.486 e. The van der Waals surface area contributed by atoms with Gasteiger partial charge in [0.2, 0.25) is 5.43 Å². The van der Waals surface area contributed by atoms with Crippen LogP contribution in [0, 0.1) is 6.92 Å². The number of rotatable bonds is 7. The highest BCUT2D eigenvalue weighted by atomic mass is 16.6. The SMILES string of the molecule is Cc1oc2cc(C(Cc3ccccc3)NC(=O)OCc3ccccc3)ccc2c(=O)c1-c1ccc2c(c1)OCCO2. The van der Waals surface area contributed by atoms with Crippen LogP contribution >= 0.6 is 0 Å². The number of carbonyl (C=O) groups is 1. The van der Waals surface area contributed by atoms with Crippen LogP contribution in [0.25, 0.3) is 22.1 Å². The molecule has 6 rings (SSSR count). The van der Waals surface area contributed by atoms with Crippen molar-refractivity contribution in [1.82, 2.24) is 5.32 Å². The summed E-state index contributed by atoms with van der Waals surface area (Å²) in [4.78, 5) is 26.5. The smallest absolute Gasteiger partial charge is 0.407 e. The van der Waals surface area contributed by atoms with Crippen molar-refractivity contribution in [2.24, 2.45) is 0 Å². The Bertz CT molecular complexity index is 1750. The van der Waals surface area contributed by atoms with Gasteiger partial charge in [-0.15, -0.1) is 0 Å². The molecule has 1 aliphatic heterocycles. The third kappa shape index (κ3) is 5.79. The molecule has 4 aromatic carbocycles. The fourth-order valence-corrected chi connectivity index (χ4v) is 5.08. The van der Waals surface area contributed by atoms with Crippen molar-refractivity contribution < 1.29 is 23.4 Å². The number of ether oxygens (including phenoxy) is 3. The molecule has 41 heavy (non-hydrogen) atoms. The number of hydrogen-bond acceptors (Lipinski definition) is 6. The molecule has 1 amide bonds. The van der Waals surface area contributed by atoms with Crippen molar-refractivity contribution in [3.05, 3.63) is 130 Å². The normalized spacial score (nSPS) is 13.0. The Balaban J connectivity index is 1.31. The second kappa shape index (κ2) is 11.6. The lowest BCUT2D eigenvalue weighted by molar-refractivity contribution is 0.135. The molecule has 0 bridgehead atoms. The molecule has 1 aromatic heterocycles. The van der Waals surface area contributed by atoms with Gasteiger partial charge in [0.15, 0.2) is 11.5 Å². The van der Waals surface area contributed by atoms with Crippen LogP contribution in [0.5, 0.6) is 11.5 Å². The lowest BCUT2D eigenvalue weighted by Gasteiger charge is -2.20. The van der Waals surface area contributed by atoms with E-state index in [9.17, 15) is 9.59 Å². The van der Waals surface area contributed by atoms with E-state index in [2.05, 4.69) is 5.32 Å². The number of benzene rings is 4. The highest BCUT2D eigenvalue weighted by molar-refractivity contribution is 5.84. The molecular formula is C34H29NO6. The third-order valence-electron chi connectivity index (χ3n) is 7.11. The molecule has 2 heterocycles. The molecule has 0 radical (unpaired) electrons. The molecule has 0 saturated heterocycles. The Morgan fingerprint density at radius 1 is 0.854 bits per heavy atom. The van der Waals surface area contributed by atoms with Crippen LogP contribution in [0.15, 0.2) is 106 Å². The van der Waals surface area contributed by atoms with Gasteiger partial charge in [0, 0.05) is 0 Å². The minimum absolute atomic E-state index is 0.137. The van der Waals surface area contributed by atoms with Crippen LogP contribution in [0.2, 0.25) is 0 Å². The second-order valence-corrected chi connectivity index (χ2v) is 9.92. The van der Waals surface area contributed by atoms with E-state index in [1.165, 1.54) is 0 Å². The summed E-state index contributed by atoms with van der Waals surface area (Å²) in [5, 5.41) is 3.46. The van der Waals surface area contributed by atoms with E-state index in [0.29, 0.717) is 59.0 Å². The van der Waals surface area contributed by atoms with Crippen LogP contribution in [-0.2, 0) is 17.8 Å². The van der Waals surface area contributed by atoms with Gasteiger partial charge in [-0.25, -0.2) is 4.79 Å². The van der Waals surface area contributed by atoms with Crippen LogP contribution in [0.4, 0.5) is 4.79 Å².